The van der Waals surface area contributed by atoms with Crippen LogP contribution in [0.15, 0.2) is 35.8 Å². The summed E-state index contributed by atoms with van der Waals surface area (Å²) in [5, 5.41) is 2.08. The molecule has 2 aromatic rings. The number of thiophene rings is 1. The molecule has 0 saturated carbocycles. The summed E-state index contributed by atoms with van der Waals surface area (Å²) in [4.78, 5) is 5.73. The normalized spacial score (nSPS) is 11.7. The Hall–Kier alpha value is -1.15. The van der Waals surface area contributed by atoms with Gasteiger partial charge in [0.05, 0.1) is 10.6 Å². The molecule has 0 radical (unpaired) electrons. The molecular weight excluding hydrogens is 202 g/mol. The summed E-state index contributed by atoms with van der Waals surface area (Å²) in [6.45, 7) is 6.61. The molecule has 0 N–H and O–H groups in total. The average Bonchev–Trinajstić information content (AvgIpc) is 2.69. The van der Waals surface area contributed by atoms with E-state index in [-0.39, 0.29) is 5.41 Å². The van der Waals surface area contributed by atoms with Crippen LogP contribution in [0.1, 0.15) is 26.3 Å². The van der Waals surface area contributed by atoms with E-state index in [1.54, 1.807) is 11.3 Å². The van der Waals surface area contributed by atoms with Crippen molar-refractivity contribution >= 4 is 11.3 Å². The molecule has 2 heteroatoms. The summed E-state index contributed by atoms with van der Waals surface area (Å²) in [5.74, 6) is 0. The van der Waals surface area contributed by atoms with E-state index < -0.39 is 0 Å². The number of pyridine rings is 1. The molecule has 0 aliphatic carbocycles. The molecule has 0 amide bonds. The van der Waals surface area contributed by atoms with Crippen LogP contribution in [0.25, 0.3) is 10.6 Å². The van der Waals surface area contributed by atoms with Crippen molar-refractivity contribution in [2.24, 2.45) is 0 Å². The molecule has 0 spiro atoms. The van der Waals surface area contributed by atoms with Crippen LogP contribution in [0, 0.1) is 0 Å². The first-order valence-corrected chi connectivity index (χ1v) is 5.96. The summed E-state index contributed by atoms with van der Waals surface area (Å²) in [7, 11) is 0. The second-order valence-electron chi connectivity index (χ2n) is 4.66. The minimum Gasteiger partial charge on any atom is -0.255 e. The molecule has 2 rings (SSSR count). The summed E-state index contributed by atoms with van der Waals surface area (Å²) < 4.78 is 0. The van der Waals surface area contributed by atoms with Crippen LogP contribution in [0.2, 0.25) is 0 Å². The second kappa shape index (κ2) is 3.78. The van der Waals surface area contributed by atoms with Crippen molar-refractivity contribution < 1.29 is 0 Å². The lowest BCUT2D eigenvalue weighted by atomic mass is 9.88. The third kappa shape index (κ3) is 2.26. The molecule has 0 bridgehead atoms. The number of hydrogen-bond donors (Lipinski definition) is 0. The Labute approximate surface area is 94.8 Å². The molecular formula is C13H15NS. The summed E-state index contributed by atoms with van der Waals surface area (Å²) in [6, 6.07) is 8.43. The first-order valence-electron chi connectivity index (χ1n) is 5.08. The highest BCUT2D eigenvalue weighted by molar-refractivity contribution is 7.13. The predicted molar refractivity (Wildman–Crippen MR) is 66.3 cm³/mol. The van der Waals surface area contributed by atoms with Gasteiger partial charge in [-0.2, -0.15) is 0 Å². The number of rotatable bonds is 1. The summed E-state index contributed by atoms with van der Waals surface area (Å²) in [5.41, 5.74) is 2.53. The van der Waals surface area contributed by atoms with E-state index in [2.05, 4.69) is 55.4 Å². The largest absolute Gasteiger partial charge is 0.255 e. The molecule has 0 unspecified atom stereocenters. The fraction of sp³-hybridized carbons (Fsp3) is 0.308. The Bertz CT molecular complexity index is 421. The zero-order valence-corrected chi connectivity index (χ0v) is 10.1. The van der Waals surface area contributed by atoms with Gasteiger partial charge in [0.25, 0.3) is 0 Å². The lowest BCUT2D eigenvalue weighted by Crippen LogP contribution is -2.11. The van der Waals surface area contributed by atoms with Crippen molar-refractivity contribution in [3.05, 3.63) is 41.4 Å². The van der Waals surface area contributed by atoms with Gasteiger partial charge in [-0.25, -0.2) is 0 Å². The number of hydrogen-bond acceptors (Lipinski definition) is 2. The van der Waals surface area contributed by atoms with Crippen LogP contribution < -0.4 is 0 Å². The van der Waals surface area contributed by atoms with Gasteiger partial charge in [0.2, 0.25) is 0 Å². The van der Waals surface area contributed by atoms with E-state index in [9.17, 15) is 0 Å². The molecule has 0 atom stereocenters. The van der Waals surface area contributed by atoms with Crippen LogP contribution in [-0.4, -0.2) is 4.98 Å². The number of nitrogens with zero attached hydrogens (tertiary/aromatic N) is 1. The fourth-order valence-electron chi connectivity index (χ4n) is 1.41. The van der Waals surface area contributed by atoms with Gasteiger partial charge in [-0.1, -0.05) is 32.9 Å². The predicted octanol–water partition coefficient (Wildman–Crippen LogP) is 4.11. The van der Waals surface area contributed by atoms with Crippen molar-refractivity contribution in [2.75, 3.05) is 0 Å². The second-order valence-corrected chi connectivity index (χ2v) is 5.61. The van der Waals surface area contributed by atoms with Gasteiger partial charge in [0.15, 0.2) is 0 Å². The van der Waals surface area contributed by atoms with Crippen LogP contribution >= 0.6 is 11.3 Å². The van der Waals surface area contributed by atoms with E-state index in [0.717, 1.165) is 5.69 Å². The van der Waals surface area contributed by atoms with Crippen LogP contribution in [-0.2, 0) is 5.41 Å². The summed E-state index contributed by atoms with van der Waals surface area (Å²) in [6.07, 6.45) is 1.98. The molecule has 2 aromatic heterocycles. The van der Waals surface area contributed by atoms with Crippen molar-refractivity contribution in [3.63, 3.8) is 0 Å². The highest BCUT2D eigenvalue weighted by Gasteiger charge is 2.13. The molecule has 0 aliphatic rings. The van der Waals surface area contributed by atoms with E-state index in [1.165, 1.54) is 10.4 Å². The fourth-order valence-corrected chi connectivity index (χ4v) is 2.11. The Morgan fingerprint density at radius 2 is 1.93 bits per heavy atom. The maximum Gasteiger partial charge on any atom is 0.0801 e. The maximum atomic E-state index is 4.50. The zero-order chi connectivity index (χ0) is 10.9. The topological polar surface area (TPSA) is 12.9 Å². The van der Waals surface area contributed by atoms with E-state index in [0.29, 0.717) is 0 Å². The zero-order valence-electron chi connectivity index (χ0n) is 9.32. The van der Waals surface area contributed by atoms with E-state index in [1.807, 2.05) is 6.20 Å². The molecule has 0 saturated heterocycles. The third-order valence-electron chi connectivity index (χ3n) is 2.40. The van der Waals surface area contributed by atoms with Crippen molar-refractivity contribution in [3.8, 4) is 10.6 Å². The molecule has 0 fully saturated rings. The van der Waals surface area contributed by atoms with E-state index in [4.69, 9.17) is 0 Å². The van der Waals surface area contributed by atoms with Gasteiger partial charge in [-0.15, -0.1) is 11.3 Å². The van der Waals surface area contributed by atoms with Crippen molar-refractivity contribution in [1.29, 1.82) is 0 Å². The molecule has 0 aromatic carbocycles. The molecule has 1 nitrogen and oxygen atoms in total. The molecule has 2 heterocycles. The quantitative estimate of drug-likeness (QED) is 0.700. The van der Waals surface area contributed by atoms with Gasteiger partial charge >= 0.3 is 0 Å². The highest BCUT2D eigenvalue weighted by Crippen LogP contribution is 2.26. The maximum absolute atomic E-state index is 4.50. The lowest BCUT2D eigenvalue weighted by molar-refractivity contribution is 0.587. The molecule has 0 aliphatic heterocycles. The van der Waals surface area contributed by atoms with Gasteiger partial charge in [-0.3, -0.25) is 4.98 Å². The number of aromatic nitrogens is 1. The van der Waals surface area contributed by atoms with Crippen molar-refractivity contribution in [2.45, 2.75) is 26.2 Å². The SMILES string of the molecule is CC(C)(C)c1ccc(-c2cccs2)nc1. The van der Waals surface area contributed by atoms with E-state index >= 15 is 0 Å². The minimum atomic E-state index is 0.182. The third-order valence-corrected chi connectivity index (χ3v) is 3.30. The Morgan fingerprint density at radius 1 is 1.13 bits per heavy atom. The average molecular weight is 217 g/mol. The molecule has 15 heavy (non-hydrogen) atoms. The van der Waals surface area contributed by atoms with Crippen molar-refractivity contribution in [1.82, 2.24) is 4.98 Å². The monoisotopic (exact) mass is 217 g/mol. The summed E-state index contributed by atoms with van der Waals surface area (Å²) >= 11 is 1.73. The Morgan fingerprint density at radius 3 is 2.40 bits per heavy atom. The highest BCUT2D eigenvalue weighted by atomic mass is 32.1. The molecule has 78 valence electrons. The van der Waals surface area contributed by atoms with Gasteiger partial charge in [-0.05, 0) is 28.5 Å². The first-order chi connectivity index (χ1) is 7.07. The Balaban J connectivity index is 2.33. The smallest absolute Gasteiger partial charge is 0.0801 e. The van der Waals surface area contributed by atoms with Gasteiger partial charge in [0, 0.05) is 6.20 Å². The lowest BCUT2D eigenvalue weighted by Gasteiger charge is -2.18. The minimum absolute atomic E-state index is 0.182. The van der Waals surface area contributed by atoms with Crippen LogP contribution in [0.5, 0.6) is 0 Å². The van der Waals surface area contributed by atoms with Crippen LogP contribution in [0.4, 0.5) is 0 Å². The standard InChI is InChI=1S/C13H15NS/c1-13(2,3)10-6-7-11(14-9-10)12-5-4-8-15-12/h4-9H,1-3H3. The Kier molecular flexibility index (Phi) is 2.61. The first kappa shape index (κ1) is 10.4. The van der Waals surface area contributed by atoms with Crippen LogP contribution in [0.3, 0.4) is 0 Å². The van der Waals surface area contributed by atoms with Gasteiger partial charge in [0.1, 0.15) is 0 Å². The van der Waals surface area contributed by atoms with Gasteiger partial charge < -0.3 is 0 Å².